The Hall–Kier alpha value is -2.41. The molecule has 0 saturated heterocycles. The smallest absolute Gasteiger partial charge is 0.338 e. The standard InChI is InChI=1S/C16H17NO5S/c1-20-12-7-6-10(13(21-2)14(12)22-3)9-23-15-11(16(18)19)5-4-8-17-15/h4-8H,9H2,1-3H3,(H,18,19). The molecule has 23 heavy (non-hydrogen) atoms. The lowest BCUT2D eigenvalue weighted by Gasteiger charge is -2.15. The van der Waals surface area contributed by atoms with Crippen molar-refractivity contribution in [2.75, 3.05) is 21.3 Å². The van der Waals surface area contributed by atoms with Crippen LogP contribution < -0.4 is 14.2 Å². The molecule has 1 N–H and O–H groups in total. The molecule has 1 heterocycles. The van der Waals surface area contributed by atoms with Crippen molar-refractivity contribution in [1.82, 2.24) is 4.98 Å². The maximum atomic E-state index is 11.2. The van der Waals surface area contributed by atoms with Crippen molar-refractivity contribution in [3.8, 4) is 17.2 Å². The van der Waals surface area contributed by atoms with Crippen LogP contribution in [0.15, 0.2) is 35.5 Å². The number of hydrogen-bond acceptors (Lipinski definition) is 6. The fourth-order valence-corrected chi connectivity index (χ4v) is 3.06. The summed E-state index contributed by atoms with van der Waals surface area (Å²) in [6.07, 6.45) is 1.57. The number of benzene rings is 1. The number of nitrogens with zero attached hydrogens (tertiary/aromatic N) is 1. The van der Waals surface area contributed by atoms with E-state index >= 15 is 0 Å². The summed E-state index contributed by atoms with van der Waals surface area (Å²) in [5.41, 5.74) is 1.04. The van der Waals surface area contributed by atoms with Crippen LogP contribution in [0, 0.1) is 0 Å². The van der Waals surface area contributed by atoms with Gasteiger partial charge in [0.15, 0.2) is 11.5 Å². The molecular weight excluding hydrogens is 318 g/mol. The lowest BCUT2D eigenvalue weighted by Crippen LogP contribution is -2.01. The van der Waals surface area contributed by atoms with Crippen LogP contribution in [0.2, 0.25) is 0 Å². The van der Waals surface area contributed by atoms with E-state index in [9.17, 15) is 9.90 Å². The maximum Gasteiger partial charge on any atom is 0.338 e. The molecule has 2 aromatic rings. The quantitative estimate of drug-likeness (QED) is 0.779. The molecule has 0 radical (unpaired) electrons. The normalized spacial score (nSPS) is 10.2. The van der Waals surface area contributed by atoms with Gasteiger partial charge in [0.25, 0.3) is 0 Å². The highest BCUT2D eigenvalue weighted by Crippen LogP contribution is 2.41. The number of carbonyl (C=O) groups is 1. The van der Waals surface area contributed by atoms with Gasteiger partial charge >= 0.3 is 5.97 Å². The molecule has 1 aromatic carbocycles. The molecule has 122 valence electrons. The van der Waals surface area contributed by atoms with Crippen LogP contribution in [-0.2, 0) is 5.75 Å². The first-order chi connectivity index (χ1) is 11.1. The number of rotatable bonds is 7. The first kappa shape index (κ1) is 17.0. The fraction of sp³-hybridized carbons (Fsp3) is 0.250. The van der Waals surface area contributed by atoms with Crippen molar-refractivity contribution in [1.29, 1.82) is 0 Å². The Morgan fingerprint density at radius 2 is 1.87 bits per heavy atom. The first-order valence-corrected chi connectivity index (χ1v) is 7.69. The van der Waals surface area contributed by atoms with Crippen LogP contribution in [-0.4, -0.2) is 37.4 Å². The third kappa shape index (κ3) is 3.68. The van der Waals surface area contributed by atoms with Crippen molar-refractivity contribution in [2.45, 2.75) is 10.8 Å². The minimum absolute atomic E-state index is 0.178. The van der Waals surface area contributed by atoms with E-state index in [1.54, 1.807) is 39.7 Å². The Labute approximate surface area is 138 Å². The van der Waals surface area contributed by atoms with E-state index in [0.29, 0.717) is 28.0 Å². The number of hydrogen-bond donors (Lipinski definition) is 1. The molecule has 0 amide bonds. The second kappa shape index (κ2) is 7.73. The molecule has 0 aliphatic rings. The maximum absolute atomic E-state index is 11.2. The van der Waals surface area contributed by atoms with E-state index in [1.165, 1.54) is 17.8 Å². The average Bonchev–Trinajstić information content (AvgIpc) is 2.58. The number of methoxy groups -OCH3 is 3. The van der Waals surface area contributed by atoms with Crippen LogP contribution in [0.1, 0.15) is 15.9 Å². The number of carboxylic acid groups (broad SMARTS) is 1. The van der Waals surface area contributed by atoms with Crippen molar-refractivity contribution >= 4 is 17.7 Å². The number of carboxylic acids is 1. The largest absolute Gasteiger partial charge is 0.493 e. The molecule has 0 fully saturated rings. The molecule has 0 spiro atoms. The van der Waals surface area contributed by atoms with Gasteiger partial charge in [0.2, 0.25) is 5.75 Å². The van der Waals surface area contributed by atoms with Crippen LogP contribution in [0.25, 0.3) is 0 Å². The van der Waals surface area contributed by atoms with E-state index in [2.05, 4.69) is 4.98 Å². The number of aromatic nitrogens is 1. The molecule has 0 unspecified atom stereocenters. The van der Waals surface area contributed by atoms with Crippen molar-refractivity contribution in [3.63, 3.8) is 0 Å². The Morgan fingerprint density at radius 1 is 1.13 bits per heavy atom. The molecule has 2 rings (SSSR count). The van der Waals surface area contributed by atoms with Gasteiger partial charge < -0.3 is 19.3 Å². The Kier molecular flexibility index (Phi) is 5.70. The highest BCUT2D eigenvalue weighted by Gasteiger charge is 2.17. The van der Waals surface area contributed by atoms with Gasteiger partial charge in [-0.2, -0.15) is 0 Å². The summed E-state index contributed by atoms with van der Waals surface area (Å²) in [5.74, 6) is 1.13. The zero-order chi connectivity index (χ0) is 16.8. The molecule has 0 saturated carbocycles. The highest BCUT2D eigenvalue weighted by molar-refractivity contribution is 7.98. The fourth-order valence-electron chi connectivity index (χ4n) is 2.09. The summed E-state index contributed by atoms with van der Waals surface area (Å²) in [7, 11) is 4.65. The van der Waals surface area contributed by atoms with Gasteiger partial charge in [0.05, 0.1) is 26.9 Å². The van der Waals surface area contributed by atoms with Gasteiger partial charge in [-0.15, -0.1) is 11.8 Å². The topological polar surface area (TPSA) is 77.9 Å². The summed E-state index contributed by atoms with van der Waals surface area (Å²) in [6.45, 7) is 0. The number of ether oxygens (including phenoxy) is 3. The van der Waals surface area contributed by atoms with Gasteiger partial charge in [0, 0.05) is 17.5 Å². The average molecular weight is 335 g/mol. The molecule has 1 aromatic heterocycles. The Bertz CT molecular complexity index is 705. The Balaban J connectivity index is 2.29. The van der Waals surface area contributed by atoms with Gasteiger partial charge in [-0.1, -0.05) is 6.07 Å². The van der Waals surface area contributed by atoms with Crippen LogP contribution >= 0.6 is 11.8 Å². The second-order valence-corrected chi connectivity index (χ2v) is 5.41. The number of thioether (sulfide) groups is 1. The van der Waals surface area contributed by atoms with E-state index in [1.807, 2.05) is 6.07 Å². The molecule has 0 aliphatic heterocycles. The lowest BCUT2D eigenvalue weighted by molar-refractivity contribution is 0.0692. The second-order valence-electron chi connectivity index (χ2n) is 4.44. The third-order valence-corrected chi connectivity index (χ3v) is 4.21. The zero-order valence-electron chi connectivity index (χ0n) is 13.0. The van der Waals surface area contributed by atoms with Gasteiger partial charge in [-0.25, -0.2) is 9.78 Å². The summed E-state index contributed by atoms with van der Waals surface area (Å²) < 4.78 is 16.0. The molecule has 0 bridgehead atoms. The van der Waals surface area contributed by atoms with Crippen LogP contribution in [0.3, 0.4) is 0 Å². The molecule has 7 heteroatoms. The van der Waals surface area contributed by atoms with Gasteiger partial charge in [-0.05, 0) is 18.2 Å². The Morgan fingerprint density at radius 3 is 2.48 bits per heavy atom. The van der Waals surface area contributed by atoms with Crippen molar-refractivity contribution in [3.05, 3.63) is 41.6 Å². The molecule has 6 nitrogen and oxygen atoms in total. The zero-order valence-corrected chi connectivity index (χ0v) is 13.8. The minimum atomic E-state index is -1.00. The summed E-state index contributed by atoms with van der Waals surface area (Å²) >= 11 is 1.32. The predicted molar refractivity (Wildman–Crippen MR) is 86.9 cm³/mol. The van der Waals surface area contributed by atoms with E-state index < -0.39 is 5.97 Å². The molecule has 0 atom stereocenters. The SMILES string of the molecule is COc1ccc(CSc2ncccc2C(=O)O)c(OC)c1OC. The van der Waals surface area contributed by atoms with Crippen molar-refractivity contribution in [2.24, 2.45) is 0 Å². The summed E-state index contributed by atoms with van der Waals surface area (Å²) in [4.78, 5) is 15.4. The number of pyridine rings is 1. The lowest BCUT2D eigenvalue weighted by atomic mass is 10.2. The van der Waals surface area contributed by atoms with Crippen LogP contribution in [0.5, 0.6) is 17.2 Å². The van der Waals surface area contributed by atoms with Crippen LogP contribution in [0.4, 0.5) is 0 Å². The first-order valence-electron chi connectivity index (χ1n) is 6.71. The number of aromatic carboxylic acids is 1. The third-order valence-electron chi connectivity index (χ3n) is 3.15. The highest BCUT2D eigenvalue weighted by atomic mass is 32.2. The van der Waals surface area contributed by atoms with E-state index in [0.717, 1.165) is 5.56 Å². The van der Waals surface area contributed by atoms with Crippen molar-refractivity contribution < 1.29 is 24.1 Å². The van der Waals surface area contributed by atoms with E-state index in [4.69, 9.17) is 14.2 Å². The summed E-state index contributed by atoms with van der Waals surface area (Å²) in [5, 5.41) is 9.65. The monoisotopic (exact) mass is 335 g/mol. The van der Waals surface area contributed by atoms with E-state index in [-0.39, 0.29) is 5.56 Å². The molecule has 0 aliphatic carbocycles. The van der Waals surface area contributed by atoms with Gasteiger partial charge in [0.1, 0.15) is 5.03 Å². The predicted octanol–water partition coefficient (Wildman–Crippen LogP) is 3.10. The minimum Gasteiger partial charge on any atom is -0.493 e. The van der Waals surface area contributed by atoms with Gasteiger partial charge in [-0.3, -0.25) is 0 Å². The summed E-state index contributed by atoms with van der Waals surface area (Å²) in [6, 6.07) is 6.78. The molecular formula is C16H17NO5S.